The van der Waals surface area contributed by atoms with Crippen molar-refractivity contribution in [2.45, 2.75) is 45.3 Å². The molecule has 5 heteroatoms. The van der Waals surface area contributed by atoms with Crippen LogP contribution in [-0.2, 0) is 18.6 Å². The van der Waals surface area contributed by atoms with Crippen LogP contribution < -0.4 is 0 Å². The molecule has 1 aliphatic rings. The second-order valence-corrected chi connectivity index (χ2v) is 6.73. The van der Waals surface area contributed by atoms with Crippen molar-refractivity contribution in [2.75, 3.05) is 26.4 Å². The van der Waals surface area contributed by atoms with Crippen molar-refractivity contribution in [2.24, 2.45) is 0 Å². The highest BCUT2D eigenvalue weighted by molar-refractivity contribution is 6.48. The Morgan fingerprint density at radius 1 is 1.31 bits per heavy atom. The van der Waals surface area contributed by atoms with Crippen LogP contribution in [0.5, 0.6) is 0 Å². The Kier molecular flexibility index (Phi) is 7.23. The molecule has 0 amide bonds. The first-order chi connectivity index (χ1) is 7.68. The van der Waals surface area contributed by atoms with E-state index in [9.17, 15) is 0 Å². The van der Waals surface area contributed by atoms with Crippen molar-refractivity contribution in [3.05, 3.63) is 0 Å². The van der Waals surface area contributed by atoms with Gasteiger partial charge < -0.3 is 18.6 Å². The standard InChI is InChI=1S/C11H24O4Si/c1-10(15-16(2)3)13-7-5-4-6-12-8-11-9-14-11/h10-11,16H,4-9H2,1-3H3. The Labute approximate surface area is 99.9 Å². The van der Waals surface area contributed by atoms with Crippen molar-refractivity contribution in [3.63, 3.8) is 0 Å². The van der Waals surface area contributed by atoms with E-state index in [4.69, 9.17) is 18.6 Å². The molecule has 0 aliphatic carbocycles. The van der Waals surface area contributed by atoms with E-state index in [2.05, 4.69) is 13.1 Å². The van der Waals surface area contributed by atoms with E-state index >= 15 is 0 Å². The van der Waals surface area contributed by atoms with Crippen LogP contribution in [-0.4, -0.2) is 47.9 Å². The van der Waals surface area contributed by atoms with E-state index in [1.165, 1.54) is 0 Å². The summed E-state index contributed by atoms with van der Waals surface area (Å²) in [5, 5.41) is 0. The van der Waals surface area contributed by atoms with Gasteiger partial charge in [0.05, 0.1) is 13.2 Å². The molecule has 0 aromatic heterocycles. The van der Waals surface area contributed by atoms with Crippen LogP contribution in [0, 0.1) is 0 Å². The average molecular weight is 248 g/mol. The van der Waals surface area contributed by atoms with Gasteiger partial charge in [0.2, 0.25) is 0 Å². The lowest BCUT2D eigenvalue weighted by molar-refractivity contribution is -0.0704. The number of unbranched alkanes of at least 4 members (excludes halogenated alkanes) is 1. The Hall–Kier alpha value is 0.0569. The zero-order valence-electron chi connectivity index (χ0n) is 10.6. The summed E-state index contributed by atoms with van der Waals surface area (Å²) in [7, 11) is -0.966. The molecule has 1 aliphatic heterocycles. The first kappa shape index (κ1) is 14.1. The van der Waals surface area contributed by atoms with Crippen molar-refractivity contribution in [3.8, 4) is 0 Å². The van der Waals surface area contributed by atoms with Crippen LogP contribution in [0.4, 0.5) is 0 Å². The minimum atomic E-state index is -0.966. The van der Waals surface area contributed by atoms with Crippen LogP contribution in [0.15, 0.2) is 0 Å². The van der Waals surface area contributed by atoms with Gasteiger partial charge in [-0.2, -0.15) is 0 Å². The molecule has 16 heavy (non-hydrogen) atoms. The summed E-state index contributed by atoms with van der Waals surface area (Å²) >= 11 is 0. The van der Waals surface area contributed by atoms with Crippen molar-refractivity contribution in [1.82, 2.24) is 0 Å². The van der Waals surface area contributed by atoms with Crippen molar-refractivity contribution in [1.29, 1.82) is 0 Å². The predicted molar refractivity (Wildman–Crippen MR) is 65.2 cm³/mol. The van der Waals surface area contributed by atoms with Crippen LogP contribution in [0.2, 0.25) is 13.1 Å². The van der Waals surface area contributed by atoms with Gasteiger partial charge in [0.1, 0.15) is 12.4 Å². The van der Waals surface area contributed by atoms with E-state index in [0.717, 1.165) is 39.3 Å². The zero-order chi connectivity index (χ0) is 11.8. The molecule has 2 atom stereocenters. The van der Waals surface area contributed by atoms with Gasteiger partial charge in [0, 0.05) is 13.2 Å². The molecule has 0 aromatic rings. The molecule has 0 radical (unpaired) electrons. The lowest BCUT2D eigenvalue weighted by Gasteiger charge is -2.16. The predicted octanol–water partition coefficient (Wildman–Crippen LogP) is 1.54. The summed E-state index contributed by atoms with van der Waals surface area (Å²) in [5.74, 6) is 0. The molecule has 2 unspecified atom stereocenters. The minimum absolute atomic E-state index is 0.0487. The first-order valence-corrected chi connectivity index (χ1v) is 8.93. The molecule has 0 aromatic carbocycles. The van der Waals surface area contributed by atoms with E-state index < -0.39 is 9.04 Å². The molecular weight excluding hydrogens is 224 g/mol. The average Bonchev–Trinajstić information content (AvgIpc) is 2.99. The van der Waals surface area contributed by atoms with E-state index in [1.54, 1.807) is 0 Å². The number of epoxide rings is 1. The van der Waals surface area contributed by atoms with Crippen LogP contribution in [0.3, 0.4) is 0 Å². The Morgan fingerprint density at radius 3 is 2.62 bits per heavy atom. The summed E-state index contributed by atoms with van der Waals surface area (Å²) in [6.07, 6.45) is 2.39. The van der Waals surface area contributed by atoms with Gasteiger partial charge in [-0.05, 0) is 32.9 Å². The summed E-state index contributed by atoms with van der Waals surface area (Å²) in [4.78, 5) is 0. The van der Waals surface area contributed by atoms with E-state index in [1.807, 2.05) is 6.92 Å². The second kappa shape index (κ2) is 8.19. The molecule has 1 rings (SSSR count). The van der Waals surface area contributed by atoms with E-state index in [0.29, 0.717) is 6.10 Å². The summed E-state index contributed by atoms with van der Waals surface area (Å²) in [5.41, 5.74) is 0. The molecule has 4 nitrogen and oxygen atoms in total. The van der Waals surface area contributed by atoms with Crippen LogP contribution in [0.25, 0.3) is 0 Å². The molecule has 1 heterocycles. The maximum absolute atomic E-state index is 5.59. The fraction of sp³-hybridized carbons (Fsp3) is 1.00. The summed E-state index contributed by atoms with van der Waals surface area (Å²) in [6, 6.07) is 0. The third-order valence-corrected chi connectivity index (χ3v) is 3.13. The van der Waals surface area contributed by atoms with Gasteiger partial charge in [0.15, 0.2) is 9.04 Å². The molecule has 0 spiro atoms. The Bertz CT molecular complexity index is 173. The topological polar surface area (TPSA) is 40.2 Å². The Morgan fingerprint density at radius 2 is 2.00 bits per heavy atom. The van der Waals surface area contributed by atoms with E-state index in [-0.39, 0.29) is 6.29 Å². The zero-order valence-corrected chi connectivity index (χ0v) is 11.8. The highest BCUT2D eigenvalue weighted by Gasteiger charge is 2.21. The van der Waals surface area contributed by atoms with Gasteiger partial charge in [-0.3, -0.25) is 0 Å². The normalized spacial score (nSPS) is 21.4. The highest BCUT2D eigenvalue weighted by Crippen LogP contribution is 2.08. The molecular formula is C11H24O4Si. The summed E-state index contributed by atoms with van der Waals surface area (Å²) in [6.45, 7) is 9.44. The first-order valence-electron chi connectivity index (χ1n) is 6.15. The Balaban J connectivity index is 1.76. The summed E-state index contributed by atoms with van der Waals surface area (Å²) < 4.78 is 21.6. The molecule has 1 fully saturated rings. The third-order valence-electron chi connectivity index (χ3n) is 2.21. The lowest BCUT2D eigenvalue weighted by Crippen LogP contribution is -2.21. The molecule has 1 saturated heterocycles. The van der Waals surface area contributed by atoms with Gasteiger partial charge in [-0.1, -0.05) is 0 Å². The van der Waals surface area contributed by atoms with Gasteiger partial charge >= 0.3 is 0 Å². The van der Waals surface area contributed by atoms with Crippen LogP contribution >= 0.6 is 0 Å². The largest absolute Gasteiger partial charge is 0.396 e. The van der Waals surface area contributed by atoms with Gasteiger partial charge in [0.25, 0.3) is 0 Å². The molecule has 0 N–H and O–H groups in total. The molecule has 0 bridgehead atoms. The van der Waals surface area contributed by atoms with Crippen molar-refractivity contribution < 1.29 is 18.6 Å². The van der Waals surface area contributed by atoms with Crippen molar-refractivity contribution >= 4 is 9.04 Å². The van der Waals surface area contributed by atoms with Gasteiger partial charge in [-0.25, -0.2) is 0 Å². The monoisotopic (exact) mass is 248 g/mol. The fourth-order valence-corrected chi connectivity index (χ4v) is 2.20. The number of hydrogen-bond acceptors (Lipinski definition) is 4. The maximum Gasteiger partial charge on any atom is 0.174 e. The number of ether oxygens (including phenoxy) is 3. The molecule has 0 saturated carbocycles. The highest BCUT2D eigenvalue weighted by atomic mass is 28.3. The number of hydrogen-bond donors (Lipinski definition) is 0. The minimum Gasteiger partial charge on any atom is -0.396 e. The van der Waals surface area contributed by atoms with Gasteiger partial charge in [-0.15, -0.1) is 0 Å². The SMILES string of the molecule is CC(OCCCCOCC1CO1)O[SiH](C)C. The quantitative estimate of drug-likeness (QED) is 0.254. The fourth-order valence-electron chi connectivity index (χ4n) is 1.36. The molecule has 96 valence electrons. The smallest absolute Gasteiger partial charge is 0.174 e. The maximum atomic E-state index is 5.59. The number of rotatable bonds is 10. The van der Waals surface area contributed by atoms with Crippen LogP contribution in [0.1, 0.15) is 19.8 Å². The second-order valence-electron chi connectivity index (χ2n) is 4.36. The third kappa shape index (κ3) is 8.24. The lowest BCUT2D eigenvalue weighted by atomic mass is 10.3.